The van der Waals surface area contributed by atoms with E-state index < -0.39 is 10.0 Å². The van der Waals surface area contributed by atoms with Crippen molar-refractivity contribution in [1.82, 2.24) is 14.5 Å². The molecule has 0 bridgehead atoms. The van der Waals surface area contributed by atoms with Crippen LogP contribution in [0, 0.1) is 6.92 Å². The Kier molecular flexibility index (Phi) is 7.41. The summed E-state index contributed by atoms with van der Waals surface area (Å²) in [4.78, 5) is 14.5. The summed E-state index contributed by atoms with van der Waals surface area (Å²) in [5, 5.41) is 2.73. The number of aryl methyl sites for hydroxylation is 1. The monoisotopic (exact) mass is 415 g/mol. The van der Waals surface area contributed by atoms with Gasteiger partial charge in [-0.3, -0.25) is 4.79 Å². The number of piperazine rings is 1. The fourth-order valence-electron chi connectivity index (χ4n) is 3.51. The molecule has 29 heavy (non-hydrogen) atoms. The summed E-state index contributed by atoms with van der Waals surface area (Å²) in [5.74, 6) is -0.307. The molecule has 1 amide bonds. The average molecular weight is 416 g/mol. The molecule has 0 atom stereocenters. The van der Waals surface area contributed by atoms with Crippen molar-refractivity contribution in [1.29, 1.82) is 0 Å². The first-order chi connectivity index (χ1) is 14.0. The van der Waals surface area contributed by atoms with Crippen LogP contribution in [0.2, 0.25) is 0 Å². The van der Waals surface area contributed by atoms with Gasteiger partial charge in [0.2, 0.25) is 10.0 Å². The Bertz CT molecular complexity index is 908. The maximum Gasteiger partial charge on any atom is 0.251 e. The number of nitrogens with zero attached hydrogens (tertiary/aromatic N) is 2. The lowest BCUT2D eigenvalue weighted by Gasteiger charge is -2.34. The van der Waals surface area contributed by atoms with Gasteiger partial charge >= 0.3 is 0 Å². The largest absolute Gasteiger partial charge is 0.351 e. The molecular weight excluding hydrogens is 386 g/mol. The van der Waals surface area contributed by atoms with Gasteiger partial charge in [0.25, 0.3) is 5.91 Å². The van der Waals surface area contributed by atoms with Gasteiger partial charge in [0, 0.05) is 44.8 Å². The number of carbonyl (C=O) groups is 1. The number of carbonyl (C=O) groups excluding carboxylic acids is 1. The molecule has 1 N–H and O–H groups in total. The third-order valence-corrected chi connectivity index (χ3v) is 7.19. The first-order valence-electron chi connectivity index (χ1n) is 10.0. The van der Waals surface area contributed by atoms with Crippen molar-refractivity contribution in [2.45, 2.75) is 13.3 Å². The van der Waals surface area contributed by atoms with Crippen LogP contribution in [0.3, 0.4) is 0 Å². The Morgan fingerprint density at radius 1 is 0.966 bits per heavy atom. The number of hydrogen-bond donors (Lipinski definition) is 1. The summed E-state index contributed by atoms with van der Waals surface area (Å²) < 4.78 is 26.8. The molecule has 1 aliphatic heterocycles. The normalized spacial score (nSPS) is 15.9. The Hall–Kier alpha value is -2.22. The first kappa shape index (κ1) is 21.5. The topological polar surface area (TPSA) is 69.7 Å². The summed E-state index contributed by atoms with van der Waals surface area (Å²) in [6, 6.07) is 17.6. The number of nitrogens with one attached hydrogen (secondary N) is 1. The van der Waals surface area contributed by atoms with E-state index in [4.69, 9.17) is 0 Å². The zero-order valence-corrected chi connectivity index (χ0v) is 17.7. The van der Waals surface area contributed by atoms with Crippen LogP contribution in [0.1, 0.15) is 21.5 Å². The van der Waals surface area contributed by atoms with Crippen molar-refractivity contribution in [3.63, 3.8) is 0 Å². The summed E-state index contributed by atoms with van der Waals surface area (Å²) >= 11 is 0. The summed E-state index contributed by atoms with van der Waals surface area (Å²) in [7, 11) is -3.37. The van der Waals surface area contributed by atoms with Crippen LogP contribution in [0.25, 0.3) is 0 Å². The third kappa shape index (κ3) is 6.13. The highest BCUT2D eigenvalue weighted by Crippen LogP contribution is 2.10. The molecule has 6 nitrogen and oxygen atoms in total. The second-order valence-electron chi connectivity index (χ2n) is 7.36. The SMILES string of the molecule is Cc1ccccc1C(=O)NCCS(=O)(=O)N1CCN(CCc2ccccc2)CC1. The van der Waals surface area contributed by atoms with Crippen LogP contribution < -0.4 is 5.32 Å². The molecule has 0 spiro atoms. The molecule has 0 aromatic heterocycles. The van der Waals surface area contributed by atoms with E-state index in [1.165, 1.54) is 5.56 Å². The summed E-state index contributed by atoms with van der Waals surface area (Å²) in [6.07, 6.45) is 0.971. The number of amides is 1. The number of sulfonamides is 1. The van der Waals surface area contributed by atoms with Crippen LogP contribution in [-0.2, 0) is 16.4 Å². The molecule has 2 aromatic rings. The van der Waals surface area contributed by atoms with Crippen molar-refractivity contribution in [3.8, 4) is 0 Å². The zero-order valence-electron chi connectivity index (χ0n) is 16.9. The second-order valence-corrected chi connectivity index (χ2v) is 9.45. The Morgan fingerprint density at radius 3 is 2.31 bits per heavy atom. The molecule has 7 heteroatoms. The molecule has 1 heterocycles. The third-order valence-electron chi connectivity index (χ3n) is 5.32. The van der Waals surface area contributed by atoms with E-state index in [-0.39, 0.29) is 18.2 Å². The Balaban J connectivity index is 1.41. The van der Waals surface area contributed by atoms with Gasteiger partial charge in [0.1, 0.15) is 0 Å². The summed E-state index contributed by atoms with van der Waals surface area (Å²) in [5.41, 5.74) is 2.75. The highest BCUT2D eigenvalue weighted by molar-refractivity contribution is 7.89. The molecule has 1 aliphatic rings. The Morgan fingerprint density at radius 2 is 1.62 bits per heavy atom. The van der Waals surface area contributed by atoms with E-state index in [0.717, 1.165) is 31.6 Å². The lowest BCUT2D eigenvalue weighted by Crippen LogP contribution is -2.50. The van der Waals surface area contributed by atoms with Crippen LogP contribution in [0.4, 0.5) is 0 Å². The first-order valence-corrected chi connectivity index (χ1v) is 11.6. The van der Waals surface area contributed by atoms with E-state index in [1.807, 2.05) is 37.3 Å². The molecule has 2 aromatic carbocycles. The minimum atomic E-state index is -3.37. The fourth-order valence-corrected chi connectivity index (χ4v) is 4.85. The van der Waals surface area contributed by atoms with Gasteiger partial charge in [-0.25, -0.2) is 8.42 Å². The van der Waals surface area contributed by atoms with E-state index >= 15 is 0 Å². The molecule has 1 fully saturated rings. The minimum absolute atomic E-state index is 0.0748. The molecule has 0 radical (unpaired) electrons. The highest BCUT2D eigenvalue weighted by atomic mass is 32.2. The van der Waals surface area contributed by atoms with Gasteiger partial charge in [-0.15, -0.1) is 0 Å². The molecule has 0 unspecified atom stereocenters. The predicted molar refractivity (Wildman–Crippen MR) is 115 cm³/mol. The fraction of sp³-hybridized carbons (Fsp3) is 0.409. The standard InChI is InChI=1S/C22H29N3O3S/c1-19-7-5-6-10-21(19)22(26)23-12-18-29(27,28)25-16-14-24(15-17-25)13-11-20-8-3-2-4-9-20/h2-10H,11-18H2,1H3,(H,23,26). The van der Waals surface area contributed by atoms with Crippen molar-refractivity contribution in [2.24, 2.45) is 0 Å². The van der Waals surface area contributed by atoms with Crippen molar-refractivity contribution >= 4 is 15.9 Å². The number of hydrogen-bond acceptors (Lipinski definition) is 4. The maximum absolute atomic E-state index is 12.6. The van der Waals surface area contributed by atoms with Gasteiger partial charge < -0.3 is 10.2 Å². The summed E-state index contributed by atoms with van der Waals surface area (Å²) in [6.45, 7) is 5.39. The molecule has 0 saturated carbocycles. The van der Waals surface area contributed by atoms with Gasteiger partial charge in [0.15, 0.2) is 0 Å². The quantitative estimate of drug-likeness (QED) is 0.715. The zero-order chi connectivity index (χ0) is 20.7. The van der Waals surface area contributed by atoms with Crippen molar-refractivity contribution in [2.75, 3.05) is 45.0 Å². The van der Waals surface area contributed by atoms with Gasteiger partial charge in [-0.05, 0) is 30.5 Å². The van der Waals surface area contributed by atoms with E-state index in [1.54, 1.807) is 16.4 Å². The smallest absolute Gasteiger partial charge is 0.251 e. The van der Waals surface area contributed by atoms with Crippen LogP contribution >= 0.6 is 0 Å². The van der Waals surface area contributed by atoms with E-state index in [2.05, 4.69) is 22.3 Å². The van der Waals surface area contributed by atoms with Crippen LogP contribution in [0.15, 0.2) is 54.6 Å². The number of rotatable bonds is 8. The van der Waals surface area contributed by atoms with Crippen molar-refractivity contribution < 1.29 is 13.2 Å². The van der Waals surface area contributed by atoms with Crippen LogP contribution in [0.5, 0.6) is 0 Å². The average Bonchev–Trinajstić information content (AvgIpc) is 2.73. The van der Waals surface area contributed by atoms with E-state index in [9.17, 15) is 13.2 Å². The second kappa shape index (κ2) is 10.0. The lowest BCUT2D eigenvalue weighted by atomic mass is 10.1. The van der Waals surface area contributed by atoms with Crippen LogP contribution in [-0.4, -0.2) is 68.6 Å². The molecule has 156 valence electrons. The molecule has 1 saturated heterocycles. The molecule has 3 rings (SSSR count). The molecular formula is C22H29N3O3S. The van der Waals surface area contributed by atoms with Crippen molar-refractivity contribution in [3.05, 3.63) is 71.3 Å². The van der Waals surface area contributed by atoms with Gasteiger partial charge in [-0.2, -0.15) is 4.31 Å². The Labute approximate surface area is 173 Å². The highest BCUT2D eigenvalue weighted by Gasteiger charge is 2.26. The van der Waals surface area contributed by atoms with E-state index in [0.29, 0.717) is 18.7 Å². The lowest BCUT2D eigenvalue weighted by molar-refractivity contribution is 0.0955. The number of benzene rings is 2. The van der Waals surface area contributed by atoms with Gasteiger partial charge in [-0.1, -0.05) is 48.5 Å². The minimum Gasteiger partial charge on any atom is -0.351 e. The van der Waals surface area contributed by atoms with Gasteiger partial charge in [0.05, 0.1) is 5.75 Å². The predicted octanol–water partition coefficient (Wildman–Crippen LogP) is 1.91. The maximum atomic E-state index is 12.6. The molecule has 0 aliphatic carbocycles.